The molecule has 0 spiro atoms. The maximum atomic E-state index is 13.5. The van der Waals surface area contributed by atoms with Gasteiger partial charge in [0.05, 0.1) is 20.9 Å². The van der Waals surface area contributed by atoms with Crippen LogP contribution in [0.15, 0.2) is 47.4 Å². The van der Waals surface area contributed by atoms with Crippen LogP contribution in [0.5, 0.6) is 0 Å². The molecule has 2 aromatic carbocycles. The van der Waals surface area contributed by atoms with Gasteiger partial charge >= 0.3 is 0 Å². The Labute approximate surface area is 194 Å². The van der Waals surface area contributed by atoms with Crippen LogP contribution in [-0.2, 0) is 16.3 Å². The molecule has 0 fully saturated rings. The van der Waals surface area contributed by atoms with E-state index in [1.807, 2.05) is 12.1 Å². The Hall–Kier alpha value is -2.29. The lowest BCUT2D eigenvalue weighted by atomic mass is 10.1. The third-order valence-corrected chi connectivity index (χ3v) is 8.52. The number of nitrogens with zero attached hydrogens (tertiary/aromatic N) is 3. The van der Waals surface area contributed by atoms with Crippen molar-refractivity contribution >= 4 is 42.4 Å². The fourth-order valence-electron chi connectivity index (χ4n) is 3.59. The van der Waals surface area contributed by atoms with E-state index in [0.29, 0.717) is 17.2 Å². The summed E-state index contributed by atoms with van der Waals surface area (Å²) < 4.78 is 25.3. The highest BCUT2D eigenvalue weighted by atomic mass is 32.2. The van der Waals surface area contributed by atoms with E-state index in [1.54, 1.807) is 24.0 Å². The number of anilines is 1. The molecule has 0 aliphatic carbocycles. The average molecular weight is 474 g/mol. The van der Waals surface area contributed by atoms with Crippen LogP contribution in [0, 0.1) is 0 Å². The monoisotopic (exact) mass is 473 g/mol. The lowest BCUT2D eigenvalue weighted by Gasteiger charge is -2.24. The molecule has 0 atom stereocenters. The van der Waals surface area contributed by atoms with Gasteiger partial charge in [0, 0.05) is 18.7 Å². The molecule has 1 heterocycles. The first-order valence-corrected chi connectivity index (χ1v) is 13.6. The Morgan fingerprint density at radius 1 is 0.969 bits per heavy atom. The largest absolute Gasteiger partial charge is 0.302 e. The highest BCUT2D eigenvalue weighted by Gasteiger charge is 2.23. The number of hydrogen-bond donors (Lipinski definition) is 0. The van der Waals surface area contributed by atoms with Gasteiger partial charge in [-0.3, -0.25) is 9.69 Å². The Balaban J connectivity index is 1.98. The van der Waals surface area contributed by atoms with Gasteiger partial charge in [-0.25, -0.2) is 13.4 Å². The molecule has 3 aromatic rings. The third kappa shape index (κ3) is 5.19. The lowest BCUT2D eigenvalue weighted by molar-refractivity contribution is 0.0983. The van der Waals surface area contributed by atoms with E-state index >= 15 is 0 Å². The Morgan fingerprint density at radius 3 is 2.25 bits per heavy atom. The van der Waals surface area contributed by atoms with Crippen molar-refractivity contribution in [3.8, 4) is 0 Å². The number of fused-ring (bicyclic) bond motifs is 1. The summed E-state index contributed by atoms with van der Waals surface area (Å²) in [5.41, 5.74) is 2.56. The fraction of sp³-hybridized carbons (Fsp3) is 0.417. The average Bonchev–Trinajstić information content (AvgIpc) is 3.25. The molecule has 172 valence electrons. The zero-order chi connectivity index (χ0) is 23.3. The van der Waals surface area contributed by atoms with Crippen molar-refractivity contribution in [2.75, 3.05) is 36.8 Å². The van der Waals surface area contributed by atoms with Crippen LogP contribution in [-0.4, -0.2) is 56.1 Å². The predicted octanol–water partition coefficient (Wildman–Crippen LogP) is 4.64. The summed E-state index contributed by atoms with van der Waals surface area (Å²) in [5, 5.41) is 0.670. The second kappa shape index (κ2) is 10.6. The molecular formula is C24H31N3O3S2. The molecule has 6 nitrogen and oxygen atoms in total. The van der Waals surface area contributed by atoms with Gasteiger partial charge in [0.1, 0.15) is 0 Å². The summed E-state index contributed by atoms with van der Waals surface area (Å²) in [5.74, 6) is -0.142. The van der Waals surface area contributed by atoms with Gasteiger partial charge in [-0.1, -0.05) is 51.2 Å². The minimum absolute atomic E-state index is 0.0295. The molecular weight excluding hydrogens is 442 g/mol. The van der Waals surface area contributed by atoms with Crippen molar-refractivity contribution in [1.29, 1.82) is 0 Å². The molecule has 0 radical (unpaired) electrons. The minimum Gasteiger partial charge on any atom is -0.302 e. The van der Waals surface area contributed by atoms with E-state index in [2.05, 4.69) is 31.7 Å². The second-order valence-electron chi connectivity index (χ2n) is 7.53. The van der Waals surface area contributed by atoms with Crippen LogP contribution < -0.4 is 4.90 Å². The molecule has 0 bridgehead atoms. The Morgan fingerprint density at radius 2 is 1.66 bits per heavy atom. The quantitative estimate of drug-likeness (QED) is 0.429. The van der Waals surface area contributed by atoms with Crippen LogP contribution in [0.3, 0.4) is 0 Å². The van der Waals surface area contributed by atoms with E-state index in [9.17, 15) is 13.2 Å². The maximum absolute atomic E-state index is 13.5. The molecule has 1 aromatic heterocycles. The van der Waals surface area contributed by atoms with Crippen LogP contribution >= 0.6 is 11.3 Å². The lowest BCUT2D eigenvalue weighted by Crippen LogP contribution is -2.38. The number of carbonyl (C=O) groups is 1. The highest BCUT2D eigenvalue weighted by Crippen LogP contribution is 2.32. The molecule has 32 heavy (non-hydrogen) atoms. The molecule has 0 saturated carbocycles. The number of amides is 1. The van der Waals surface area contributed by atoms with Gasteiger partial charge in [-0.2, -0.15) is 0 Å². The first kappa shape index (κ1) is 24.4. The summed E-state index contributed by atoms with van der Waals surface area (Å²) >= 11 is 1.52. The number of aryl methyl sites for hydroxylation is 1. The Kier molecular flexibility index (Phi) is 8.03. The first-order chi connectivity index (χ1) is 15.3. The second-order valence-corrected chi connectivity index (χ2v) is 10.8. The van der Waals surface area contributed by atoms with Gasteiger partial charge in [-0.15, -0.1) is 0 Å². The molecule has 0 aliphatic heterocycles. The summed E-state index contributed by atoms with van der Waals surface area (Å²) in [6.45, 7) is 11.0. The summed E-state index contributed by atoms with van der Waals surface area (Å²) in [4.78, 5) is 22.6. The Bertz CT molecular complexity index is 1170. The number of hydrogen-bond acceptors (Lipinski definition) is 6. The van der Waals surface area contributed by atoms with Crippen molar-refractivity contribution in [2.24, 2.45) is 0 Å². The van der Waals surface area contributed by atoms with Crippen molar-refractivity contribution in [3.63, 3.8) is 0 Å². The molecule has 3 rings (SSSR count). The van der Waals surface area contributed by atoms with E-state index in [0.717, 1.165) is 41.8 Å². The van der Waals surface area contributed by atoms with Crippen molar-refractivity contribution < 1.29 is 13.2 Å². The zero-order valence-corrected chi connectivity index (χ0v) is 20.8. The molecule has 0 aliphatic rings. The number of thiazole rings is 1. The maximum Gasteiger partial charge on any atom is 0.260 e. The predicted molar refractivity (Wildman–Crippen MR) is 133 cm³/mol. The normalized spacial score (nSPS) is 11.9. The summed E-state index contributed by atoms with van der Waals surface area (Å²) in [6, 6.07) is 12.4. The smallest absolute Gasteiger partial charge is 0.260 e. The zero-order valence-electron chi connectivity index (χ0n) is 19.2. The minimum atomic E-state index is -3.31. The number of para-hydroxylation sites is 1. The van der Waals surface area contributed by atoms with Crippen molar-refractivity contribution in [1.82, 2.24) is 9.88 Å². The summed E-state index contributed by atoms with van der Waals surface area (Å²) in [6.07, 6.45) is 0.876. The van der Waals surface area contributed by atoms with Crippen molar-refractivity contribution in [2.45, 2.75) is 39.0 Å². The van der Waals surface area contributed by atoms with Gasteiger partial charge in [0.15, 0.2) is 15.0 Å². The molecule has 8 heteroatoms. The number of aromatic nitrogens is 1. The standard InChI is InChI=1S/C24H31N3O3S2/c1-5-18-10-9-11-21-22(18)25-24(31-21)27(17-16-26(6-2)7-3)23(28)19-12-14-20(15-13-19)32(29,30)8-4/h9-15H,5-8,16-17H2,1-4H3. The van der Waals surface area contributed by atoms with Crippen LogP contribution in [0.2, 0.25) is 0 Å². The fourth-order valence-corrected chi connectivity index (χ4v) is 5.51. The van der Waals surface area contributed by atoms with E-state index < -0.39 is 9.84 Å². The molecule has 0 unspecified atom stereocenters. The van der Waals surface area contributed by atoms with E-state index in [4.69, 9.17) is 4.98 Å². The third-order valence-electron chi connectivity index (χ3n) is 5.72. The molecule has 0 N–H and O–H groups in total. The van der Waals surface area contributed by atoms with E-state index in [-0.39, 0.29) is 16.6 Å². The summed E-state index contributed by atoms with van der Waals surface area (Å²) in [7, 11) is -3.31. The highest BCUT2D eigenvalue weighted by molar-refractivity contribution is 7.91. The van der Waals surface area contributed by atoms with Gasteiger partial charge < -0.3 is 4.90 Å². The first-order valence-electron chi connectivity index (χ1n) is 11.1. The number of likely N-dealkylation sites (N-methyl/N-ethyl adjacent to an activating group) is 1. The van der Waals surface area contributed by atoms with Gasteiger partial charge in [0.2, 0.25) is 0 Å². The van der Waals surface area contributed by atoms with Gasteiger partial charge in [0.25, 0.3) is 5.91 Å². The number of carbonyl (C=O) groups excluding carboxylic acids is 1. The molecule has 0 saturated heterocycles. The number of rotatable bonds is 10. The number of benzene rings is 2. The van der Waals surface area contributed by atoms with Crippen LogP contribution in [0.1, 0.15) is 43.6 Å². The topological polar surface area (TPSA) is 70.6 Å². The SMILES string of the molecule is CCc1cccc2sc(N(CCN(CC)CC)C(=O)c3ccc(S(=O)(=O)CC)cc3)nc12. The molecule has 1 amide bonds. The van der Waals surface area contributed by atoms with Crippen LogP contribution in [0.4, 0.5) is 5.13 Å². The van der Waals surface area contributed by atoms with Crippen molar-refractivity contribution in [3.05, 3.63) is 53.6 Å². The number of sulfone groups is 1. The van der Waals surface area contributed by atoms with Gasteiger partial charge in [-0.05, 0) is 55.4 Å². The van der Waals surface area contributed by atoms with Crippen LogP contribution in [0.25, 0.3) is 10.2 Å². The van der Waals surface area contributed by atoms with E-state index in [1.165, 1.54) is 23.5 Å².